The lowest BCUT2D eigenvalue weighted by molar-refractivity contribution is 0.567. The molecule has 2 aromatic rings. The molecule has 0 aliphatic rings. The fraction of sp³-hybridized carbons (Fsp3) is 0.500. The number of unbranched alkanes of at least 4 members (excludes halogenated alkanes) is 2. The van der Waals surface area contributed by atoms with E-state index in [1.54, 1.807) is 0 Å². The first-order valence-electron chi connectivity index (χ1n) is 5.40. The maximum Gasteiger partial charge on any atom is 0.330 e. The van der Waals surface area contributed by atoms with E-state index in [4.69, 9.17) is 0 Å². The second-order valence-electron chi connectivity index (χ2n) is 3.72. The van der Waals surface area contributed by atoms with E-state index < -0.39 is 0 Å². The van der Waals surface area contributed by atoms with Crippen LogP contribution in [0.1, 0.15) is 26.2 Å². The van der Waals surface area contributed by atoms with Crippen LogP contribution < -0.4 is 17.4 Å². The molecule has 0 saturated heterocycles. The number of hydrogen-bond acceptors (Lipinski definition) is 4. The van der Waals surface area contributed by atoms with Gasteiger partial charge in [-0.1, -0.05) is 19.8 Å². The first-order valence-corrected chi connectivity index (χ1v) is 5.40. The van der Waals surface area contributed by atoms with Gasteiger partial charge in [0.2, 0.25) is 0 Å². The van der Waals surface area contributed by atoms with Gasteiger partial charge in [-0.05, 0) is 6.42 Å². The third-order valence-corrected chi connectivity index (χ3v) is 2.55. The van der Waals surface area contributed by atoms with E-state index in [1.807, 2.05) is 0 Å². The SMILES string of the molecule is CCCCCn1c(=O)[nH]c2nc[nH]c2c1=O.N. The highest BCUT2D eigenvalue weighted by Crippen LogP contribution is 1.98. The largest absolute Gasteiger partial charge is 0.344 e. The van der Waals surface area contributed by atoms with Crippen molar-refractivity contribution in [2.75, 3.05) is 0 Å². The minimum Gasteiger partial charge on any atom is -0.344 e. The third-order valence-electron chi connectivity index (χ3n) is 2.55. The molecule has 0 saturated carbocycles. The van der Waals surface area contributed by atoms with Crippen molar-refractivity contribution in [3.63, 3.8) is 0 Å². The molecule has 5 N–H and O–H groups in total. The normalized spacial score (nSPS) is 10.4. The minimum atomic E-state index is -0.388. The van der Waals surface area contributed by atoms with E-state index in [0.29, 0.717) is 17.7 Å². The number of H-pyrrole nitrogens is 2. The molecule has 7 heteroatoms. The van der Waals surface area contributed by atoms with Crippen LogP contribution in [0, 0.1) is 0 Å². The van der Waals surface area contributed by atoms with Crippen LogP contribution in [0.25, 0.3) is 11.2 Å². The fourth-order valence-electron chi connectivity index (χ4n) is 1.67. The van der Waals surface area contributed by atoms with Gasteiger partial charge in [0.15, 0.2) is 5.65 Å². The van der Waals surface area contributed by atoms with Crippen LogP contribution in [0.2, 0.25) is 0 Å². The van der Waals surface area contributed by atoms with E-state index in [-0.39, 0.29) is 17.4 Å². The molecule has 0 aliphatic carbocycles. The van der Waals surface area contributed by atoms with Crippen molar-refractivity contribution in [3.8, 4) is 0 Å². The Morgan fingerprint density at radius 1 is 1.35 bits per heavy atom. The molecular formula is C10H17N5O2. The standard InChI is InChI=1S/C10H14N4O2.H3N/c1-2-3-4-5-14-9(15)7-8(12-6-11-7)13-10(14)16;/h6H,2-5H2,1H3,(H,11,12)(H,13,16);1H3. The number of hydrogen-bond donors (Lipinski definition) is 3. The van der Waals surface area contributed by atoms with Gasteiger partial charge in [-0.15, -0.1) is 0 Å². The number of fused-ring (bicyclic) bond motifs is 1. The molecule has 17 heavy (non-hydrogen) atoms. The first-order chi connectivity index (χ1) is 7.74. The lowest BCUT2D eigenvalue weighted by atomic mass is 10.2. The predicted molar refractivity (Wildman–Crippen MR) is 65.5 cm³/mol. The van der Waals surface area contributed by atoms with Crippen molar-refractivity contribution in [2.24, 2.45) is 0 Å². The monoisotopic (exact) mass is 239 g/mol. The first kappa shape index (κ1) is 13.2. The van der Waals surface area contributed by atoms with Crippen LogP contribution in [0.15, 0.2) is 15.9 Å². The average Bonchev–Trinajstić information content (AvgIpc) is 2.71. The second kappa shape index (κ2) is 5.44. The third kappa shape index (κ3) is 2.44. The molecule has 2 heterocycles. The number of imidazole rings is 1. The molecule has 0 bridgehead atoms. The van der Waals surface area contributed by atoms with Crippen molar-refractivity contribution in [1.29, 1.82) is 0 Å². The molecule has 0 radical (unpaired) electrons. The molecule has 2 aromatic heterocycles. The summed E-state index contributed by atoms with van der Waals surface area (Å²) in [4.78, 5) is 32.6. The highest BCUT2D eigenvalue weighted by Gasteiger charge is 2.08. The summed E-state index contributed by atoms with van der Waals surface area (Å²) in [6.07, 6.45) is 4.30. The van der Waals surface area contributed by atoms with Gasteiger partial charge in [-0.25, -0.2) is 9.78 Å². The number of rotatable bonds is 4. The summed E-state index contributed by atoms with van der Waals surface area (Å²) in [6.45, 7) is 2.53. The molecule has 94 valence electrons. The summed E-state index contributed by atoms with van der Waals surface area (Å²) < 4.78 is 1.22. The van der Waals surface area contributed by atoms with Gasteiger partial charge in [-0.2, -0.15) is 0 Å². The molecule has 0 amide bonds. The Morgan fingerprint density at radius 3 is 2.82 bits per heavy atom. The Balaban J connectivity index is 0.00000144. The average molecular weight is 239 g/mol. The number of aromatic amines is 2. The van der Waals surface area contributed by atoms with Gasteiger partial charge < -0.3 is 11.1 Å². The van der Waals surface area contributed by atoms with Gasteiger partial charge in [0.1, 0.15) is 5.52 Å². The van der Waals surface area contributed by atoms with E-state index in [1.165, 1.54) is 10.9 Å². The summed E-state index contributed by atoms with van der Waals surface area (Å²) >= 11 is 0. The van der Waals surface area contributed by atoms with E-state index in [2.05, 4.69) is 21.9 Å². The molecule has 7 nitrogen and oxygen atoms in total. The zero-order valence-corrected chi connectivity index (χ0v) is 9.82. The smallest absolute Gasteiger partial charge is 0.330 e. The molecule has 0 atom stereocenters. The van der Waals surface area contributed by atoms with E-state index in [0.717, 1.165) is 19.3 Å². The highest BCUT2D eigenvalue weighted by atomic mass is 16.2. The van der Waals surface area contributed by atoms with Crippen molar-refractivity contribution in [2.45, 2.75) is 32.7 Å². The number of nitrogens with one attached hydrogen (secondary N) is 2. The quantitative estimate of drug-likeness (QED) is 0.682. The summed E-state index contributed by atoms with van der Waals surface area (Å²) in [5, 5.41) is 0. The summed E-state index contributed by atoms with van der Waals surface area (Å²) in [7, 11) is 0. The van der Waals surface area contributed by atoms with Crippen LogP contribution in [-0.2, 0) is 6.54 Å². The molecule has 0 aliphatic heterocycles. The van der Waals surface area contributed by atoms with Crippen molar-refractivity contribution in [3.05, 3.63) is 27.2 Å². The number of nitrogens with zero attached hydrogens (tertiary/aromatic N) is 2. The van der Waals surface area contributed by atoms with Crippen LogP contribution in [0.4, 0.5) is 0 Å². The lowest BCUT2D eigenvalue weighted by Gasteiger charge is -2.02. The van der Waals surface area contributed by atoms with Crippen molar-refractivity contribution >= 4 is 11.2 Å². The fourth-order valence-corrected chi connectivity index (χ4v) is 1.67. The maximum absolute atomic E-state index is 11.9. The maximum atomic E-state index is 11.9. The van der Waals surface area contributed by atoms with Gasteiger partial charge in [-0.3, -0.25) is 14.3 Å². The highest BCUT2D eigenvalue weighted by molar-refractivity contribution is 5.67. The summed E-state index contributed by atoms with van der Waals surface area (Å²) in [6, 6.07) is 0. The zero-order chi connectivity index (χ0) is 11.5. The predicted octanol–water partition coefficient (Wildman–Crippen LogP) is 0.765. The van der Waals surface area contributed by atoms with Crippen LogP contribution in [0.3, 0.4) is 0 Å². The van der Waals surface area contributed by atoms with Crippen LogP contribution in [-0.4, -0.2) is 19.5 Å². The Bertz CT molecular complexity index is 594. The summed E-state index contributed by atoms with van der Waals surface area (Å²) in [5.41, 5.74) is -0.00843. The second-order valence-corrected chi connectivity index (χ2v) is 3.72. The Hall–Kier alpha value is -1.89. The Kier molecular flexibility index (Phi) is 4.22. The van der Waals surface area contributed by atoms with Crippen molar-refractivity contribution < 1.29 is 0 Å². The Labute approximate surface area is 97.5 Å². The van der Waals surface area contributed by atoms with Gasteiger partial charge in [0.05, 0.1) is 6.33 Å². The summed E-state index contributed by atoms with van der Waals surface area (Å²) in [5.74, 6) is 0. The molecule has 0 spiro atoms. The molecule has 0 unspecified atom stereocenters. The number of aromatic nitrogens is 4. The Morgan fingerprint density at radius 2 is 2.12 bits per heavy atom. The van der Waals surface area contributed by atoms with Gasteiger partial charge >= 0.3 is 5.69 Å². The van der Waals surface area contributed by atoms with Gasteiger partial charge in [0, 0.05) is 6.54 Å². The van der Waals surface area contributed by atoms with E-state index in [9.17, 15) is 9.59 Å². The van der Waals surface area contributed by atoms with Crippen molar-refractivity contribution in [1.82, 2.24) is 25.7 Å². The topological polar surface area (TPSA) is 119 Å². The molecule has 0 aromatic carbocycles. The molecule has 2 rings (SSSR count). The molecular weight excluding hydrogens is 222 g/mol. The van der Waals surface area contributed by atoms with Crippen LogP contribution >= 0.6 is 0 Å². The van der Waals surface area contributed by atoms with E-state index >= 15 is 0 Å². The van der Waals surface area contributed by atoms with Gasteiger partial charge in [0.25, 0.3) is 5.56 Å². The molecule has 0 fully saturated rings. The lowest BCUT2D eigenvalue weighted by Crippen LogP contribution is -2.35. The minimum absolute atomic E-state index is 0. The zero-order valence-electron chi connectivity index (χ0n) is 9.82. The van der Waals surface area contributed by atoms with Crippen LogP contribution in [0.5, 0.6) is 0 Å².